The fourth-order valence-corrected chi connectivity index (χ4v) is 4.84. The lowest BCUT2D eigenvalue weighted by Crippen LogP contribution is -2.33. The van der Waals surface area contributed by atoms with E-state index in [-0.39, 0.29) is 17.0 Å². The minimum Gasteiger partial charge on any atom is -0.387 e. The van der Waals surface area contributed by atoms with Crippen molar-refractivity contribution in [2.24, 2.45) is 0 Å². The number of aliphatic hydroxyl groups is 2. The highest BCUT2D eigenvalue weighted by Crippen LogP contribution is 2.58. The standard InChI is InChI=1S/C10H15N5O9P2S/c11-8-5-9(13-2-12-8)15(3-14-5)10-7(17)6(16)4(23-10)1-22-25(18,19)24-26(20,21)27/h2-4,6-7,10,16-17H,1H2,(H,18,19)(H2,11,12,13)(H2,20,21,27)/t4-,6-,7-,10-/m1/s1. The maximum absolute atomic E-state index is 11.6. The first-order valence-corrected chi connectivity index (χ1v) is 11.3. The number of fused-ring (bicyclic) bond motifs is 1. The first kappa shape index (κ1) is 20.6. The van der Waals surface area contributed by atoms with Crippen LogP contribution in [-0.4, -0.2) is 69.3 Å². The zero-order chi connectivity index (χ0) is 20.0. The number of imidazole rings is 1. The molecule has 1 saturated heterocycles. The number of aliphatic hydroxyl groups excluding tert-OH is 2. The molecule has 0 bridgehead atoms. The van der Waals surface area contributed by atoms with E-state index in [2.05, 4.69) is 35.6 Å². The van der Waals surface area contributed by atoms with Gasteiger partial charge in [0.25, 0.3) is 0 Å². The summed E-state index contributed by atoms with van der Waals surface area (Å²) in [6.07, 6.45) is -2.95. The van der Waals surface area contributed by atoms with Crippen molar-refractivity contribution in [1.82, 2.24) is 19.5 Å². The van der Waals surface area contributed by atoms with Gasteiger partial charge in [0.2, 0.25) is 0 Å². The highest BCUT2D eigenvalue weighted by molar-refractivity contribution is 8.08. The van der Waals surface area contributed by atoms with E-state index in [0.29, 0.717) is 0 Å². The molecule has 0 amide bonds. The Morgan fingerprint density at radius 2 is 1.96 bits per heavy atom. The van der Waals surface area contributed by atoms with Gasteiger partial charge in [-0.05, 0) is 11.8 Å². The molecule has 150 valence electrons. The quantitative estimate of drug-likeness (QED) is 0.276. The molecule has 3 heterocycles. The van der Waals surface area contributed by atoms with Crippen molar-refractivity contribution in [3.05, 3.63) is 12.7 Å². The number of rotatable bonds is 6. The molecule has 1 fully saturated rings. The Morgan fingerprint density at radius 3 is 2.63 bits per heavy atom. The average Bonchev–Trinajstić information content (AvgIpc) is 3.07. The second kappa shape index (κ2) is 7.39. The van der Waals surface area contributed by atoms with Crippen molar-refractivity contribution in [3.8, 4) is 0 Å². The third kappa shape index (κ3) is 4.50. The molecule has 0 saturated carbocycles. The van der Waals surface area contributed by atoms with Gasteiger partial charge < -0.3 is 35.4 Å². The summed E-state index contributed by atoms with van der Waals surface area (Å²) in [6, 6.07) is 0. The number of aromatic nitrogens is 4. The Kier molecular flexibility index (Phi) is 5.65. The summed E-state index contributed by atoms with van der Waals surface area (Å²) in [5.74, 6) is 0.105. The van der Waals surface area contributed by atoms with E-state index in [1.807, 2.05) is 0 Å². The molecule has 0 radical (unpaired) electrons. The van der Waals surface area contributed by atoms with Crippen LogP contribution < -0.4 is 5.73 Å². The van der Waals surface area contributed by atoms with Gasteiger partial charge in [0.15, 0.2) is 17.7 Å². The topological polar surface area (TPSA) is 216 Å². The summed E-state index contributed by atoms with van der Waals surface area (Å²) in [5.41, 5.74) is 6.18. The van der Waals surface area contributed by atoms with E-state index < -0.39 is 45.7 Å². The van der Waals surface area contributed by atoms with Crippen LogP contribution in [0.1, 0.15) is 6.23 Å². The van der Waals surface area contributed by atoms with Crippen LogP contribution >= 0.6 is 14.5 Å². The summed E-state index contributed by atoms with van der Waals surface area (Å²) in [7, 11) is -4.92. The predicted molar refractivity (Wildman–Crippen MR) is 91.2 cm³/mol. The highest BCUT2D eigenvalue weighted by Gasteiger charge is 2.45. The maximum Gasteiger partial charge on any atom is 0.479 e. The van der Waals surface area contributed by atoms with E-state index in [4.69, 9.17) is 20.3 Å². The van der Waals surface area contributed by atoms with Gasteiger partial charge in [-0.2, -0.15) is 0 Å². The number of ether oxygens (including phenoxy) is 1. The molecule has 2 aromatic heterocycles. The number of nitrogens with zero attached hydrogens (tertiary/aromatic N) is 4. The van der Waals surface area contributed by atoms with Gasteiger partial charge in [0.05, 0.1) is 12.9 Å². The molecule has 1 aliphatic heterocycles. The van der Waals surface area contributed by atoms with E-state index >= 15 is 0 Å². The molecule has 3 rings (SSSR count). The Hall–Kier alpha value is -1.09. The SMILES string of the molecule is Nc1ncnc2c1ncn2[C@@H]1O[C@H](COP(=O)(O)OP(O)(O)=S)[C@@H](O)[C@H]1O. The number of hydrogen-bond donors (Lipinski definition) is 6. The third-order valence-electron chi connectivity index (χ3n) is 3.61. The average molecular weight is 443 g/mol. The Morgan fingerprint density at radius 1 is 1.26 bits per heavy atom. The molecule has 1 unspecified atom stereocenters. The van der Waals surface area contributed by atoms with E-state index in [1.165, 1.54) is 17.2 Å². The van der Waals surface area contributed by atoms with Crippen LogP contribution in [0.25, 0.3) is 11.2 Å². The summed E-state index contributed by atoms with van der Waals surface area (Å²) < 4.78 is 26.9. The molecule has 5 atom stereocenters. The monoisotopic (exact) mass is 443 g/mol. The number of anilines is 1. The molecular weight excluding hydrogens is 428 g/mol. The Balaban J connectivity index is 1.75. The van der Waals surface area contributed by atoms with Gasteiger partial charge >= 0.3 is 14.5 Å². The van der Waals surface area contributed by atoms with Crippen LogP contribution in [-0.2, 0) is 29.9 Å². The predicted octanol–water partition coefficient (Wildman–Crippen LogP) is -1.63. The van der Waals surface area contributed by atoms with E-state index in [0.717, 1.165) is 0 Å². The number of nitrogen functional groups attached to an aromatic ring is 1. The lowest BCUT2D eigenvalue weighted by Gasteiger charge is -2.18. The highest BCUT2D eigenvalue weighted by atomic mass is 32.5. The van der Waals surface area contributed by atoms with Crippen molar-refractivity contribution in [2.45, 2.75) is 24.5 Å². The number of phosphoric ester groups is 1. The lowest BCUT2D eigenvalue weighted by molar-refractivity contribution is -0.0502. The number of hydrogen-bond acceptors (Lipinski definition) is 11. The van der Waals surface area contributed by atoms with Crippen LogP contribution in [0.5, 0.6) is 0 Å². The van der Waals surface area contributed by atoms with Crippen molar-refractivity contribution >= 4 is 43.3 Å². The molecule has 7 N–H and O–H groups in total. The summed E-state index contributed by atoms with van der Waals surface area (Å²) in [4.78, 5) is 39.0. The fraction of sp³-hybridized carbons (Fsp3) is 0.500. The minimum atomic E-state index is -4.92. The first-order chi connectivity index (χ1) is 12.5. The number of phosphoric acid groups is 1. The van der Waals surface area contributed by atoms with Crippen LogP contribution in [0.2, 0.25) is 0 Å². The largest absolute Gasteiger partial charge is 0.479 e. The first-order valence-electron chi connectivity index (χ1n) is 7.17. The number of nitrogens with two attached hydrogens (primary N) is 1. The maximum atomic E-state index is 11.6. The van der Waals surface area contributed by atoms with Crippen LogP contribution in [0.4, 0.5) is 5.82 Å². The van der Waals surface area contributed by atoms with Crippen molar-refractivity contribution in [3.63, 3.8) is 0 Å². The van der Waals surface area contributed by atoms with Crippen LogP contribution in [0.15, 0.2) is 12.7 Å². The molecule has 0 spiro atoms. The van der Waals surface area contributed by atoms with Crippen molar-refractivity contribution in [2.75, 3.05) is 12.3 Å². The summed E-state index contributed by atoms with van der Waals surface area (Å²) in [6.45, 7) is -5.18. The van der Waals surface area contributed by atoms with Gasteiger partial charge in [-0.15, -0.1) is 0 Å². The lowest BCUT2D eigenvalue weighted by atomic mass is 10.1. The van der Waals surface area contributed by atoms with E-state index in [1.54, 1.807) is 0 Å². The minimum absolute atomic E-state index is 0.105. The zero-order valence-corrected chi connectivity index (χ0v) is 15.8. The zero-order valence-electron chi connectivity index (χ0n) is 13.2. The van der Waals surface area contributed by atoms with Crippen LogP contribution in [0, 0.1) is 0 Å². The van der Waals surface area contributed by atoms with Gasteiger partial charge in [-0.1, -0.05) is 0 Å². The van der Waals surface area contributed by atoms with E-state index in [9.17, 15) is 19.7 Å². The molecule has 2 aromatic rings. The van der Waals surface area contributed by atoms with Gasteiger partial charge in [0.1, 0.15) is 30.2 Å². The Bertz CT molecular complexity index is 937. The third-order valence-corrected chi connectivity index (χ3v) is 6.36. The van der Waals surface area contributed by atoms with Crippen molar-refractivity contribution in [1.29, 1.82) is 0 Å². The van der Waals surface area contributed by atoms with Gasteiger partial charge in [0, 0.05) is 0 Å². The van der Waals surface area contributed by atoms with Gasteiger partial charge in [-0.25, -0.2) is 23.8 Å². The fourth-order valence-electron chi connectivity index (χ4n) is 2.48. The molecular formula is C10H15N5O9P2S. The molecule has 0 aliphatic carbocycles. The van der Waals surface area contributed by atoms with Crippen LogP contribution in [0.3, 0.4) is 0 Å². The van der Waals surface area contributed by atoms with Crippen molar-refractivity contribution < 1.29 is 43.0 Å². The smallest absolute Gasteiger partial charge is 0.387 e. The summed E-state index contributed by atoms with van der Waals surface area (Å²) >= 11 is 4.09. The normalized spacial score (nSPS) is 28.5. The molecule has 14 nitrogen and oxygen atoms in total. The molecule has 1 aliphatic rings. The molecule has 27 heavy (non-hydrogen) atoms. The second-order valence-electron chi connectivity index (χ2n) is 5.47. The Labute approximate surface area is 156 Å². The molecule has 17 heteroatoms. The molecule has 0 aromatic carbocycles. The second-order valence-corrected chi connectivity index (χ2v) is 9.72. The van der Waals surface area contributed by atoms with Gasteiger partial charge in [-0.3, -0.25) is 9.09 Å². The summed E-state index contributed by atoms with van der Waals surface area (Å²) in [5, 5.41) is 20.3.